The van der Waals surface area contributed by atoms with Crippen LogP contribution in [0, 0.1) is 0 Å². The molecule has 0 aliphatic rings. The van der Waals surface area contributed by atoms with Crippen LogP contribution in [0.15, 0.2) is 70.0 Å². The molecule has 1 amide bonds. The highest BCUT2D eigenvalue weighted by molar-refractivity contribution is 9.10. The molecule has 0 radical (unpaired) electrons. The van der Waals surface area contributed by atoms with Crippen LogP contribution >= 0.6 is 39.1 Å². The lowest BCUT2D eigenvalue weighted by Gasteiger charge is -2.18. The highest BCUT2D eigenvalue weighted by atomic mass is 79.9. The quantitative estimate of drug-likeness (QED) is 0.257. The zero-order valence-corrected chi connectivity index (χ0v) is 23.8. The van der Waals surface area contributed by atoms with Crippen molar-refractivity contribution >= 4 is 55.1 Å². The van der Waals surface area contributed by atoms with Crippen LogP contribution < -0.4 is 10.1 Å². The molecule has 3 aromatic carbocycles. The molecular formula is C26H27BrCl2N2O4S. The number of amides is 1. The maximum Gasteiger partial charge on any atom is 0.243 e. The lowest BCUT2D eigenvalue weighted by molar-refractivity contribution is -0.121. The van der Waals surface area contributed by atoms with E-state index in [1.54, 1.807) is 42.5 Å². The molecule has 0 unspecified atom stereocenters. The van der Waals surface area contributed by atoms with Gasteiger partial charge in [0, 0.05) is 42.2 Å². The maximum atomic E-state index is 12.6. The summed E-state index contributed by atoms with van der Waals surface area (Å²) in [4.78, 5) is 12.8. The summed E-state index contributed by atoms with van der Waals surface area (Å²) in [5.74, 6) is 0.979. The minimum atomic E-state index is -3.50. The molecule has 0 spiro atoms. The topological polar surface area (TPSA) is 75.7 Å². The summed E-state index contributed by atoms with van der Waals surface area (Å²) in [6.45, 7) is 4.73. The van der Waals surface area contributed by atoms with Crippen LogP contribution in [0.4, 0.5) is 0 Å². The Kier molecular flexibility index (Phi) is 10.2. The molecule has 3 rings (SSSR count). The number of carbonyl (C=O) groups is 1. The molecule has 6 nitrogen and oxygen atoms in total. The Hall–Kier alpha value is -2.10. The normalized spacial score (nSPS) is 11.5. The minimum absolute atomic E-state index is 0.127. The van der Waals surface area contributed by atoms with Crippen LogP contribution in [0.5, 0.6) is 11.5 Å². The van der Waals surface area contributed by atoms with E-state index in [0.29, 0.717) is 41.1 Å². The Balaban J connectivity index is 1.58. The van der Waals surface area contributed by atoms with E-state index in [2.05, 4.69) is 21.2 Å². The number of benzene rings is 3. The van der Waals surface area contributed by atoms with E-state index in [4.69, 9.17) is 27.9 Å². The number of carbonyl (C=O) groups excluding carboxylic acids is 1. The Morgan fingerprint density at radius 1 is 0.972 bits per heavy atom. The maximum absolute atomic E-state index is 12.6. The van der Waals surface area contributed by atoms with Crippen LogP contribution in [0.1, 0.15) is 31.4 Å². The zero-order valence-electron chi connectivity index (χ0n) is 19.9. The molecule has 1 N–H and O–H groups in total. The predicted octanol–water partition coefficient (Wildman–Crippen LogP) is 6.83. The average Bonchev–Trinajstić information content (AvgIpc) is 2.85. The first-order valence-electron chi connectivity index (χ1n) is 11.4. The van der Waals surface area contributed by atoms with E-state index in [9.17, 15) is 13.2 Å². The van der Waals surface area contributed by atoms with E-state index < -0.39 is 10.0 Å². The summed E-state index contributed by atoms with van der Waals surface area (Å²) in [5, 5.41) is 3.74. The largest absolute Gasteiger partial charge is 0.457 e. The number of sulfonamides is 1. The summed E-state index contributed by atoms with van der Waals surface area (Å²) in [6.07, 6.45) is 0.756. The summed E-state index contributed by atoms with van der Waals surface area (Å²) >= 11 is 15.5. The molecule has 0 aromatic heterocycles. The van der Waals surface area contributed by atoms with Crippen molar-refractivity contribution in [3.63, 3.8) is 0 Å². The Bertz CT molecular complexity index is 1310. The van der Waals surface area contributed by atoms with Gasteiger partial charge in [0.15, 0.2) is 0 Å². The van der Waals surface area contributed by atoms with E-state index in [1.807, 2.05) is 32.0 Å². The van der Waals surface area contributed by atoms with E-state index in [1.165, 1.54) is 4.31 Å². The van der Waals surface area contributed by atoms with Crippen molar-refractivity contribution in [1.29, 1.82) is 0 Å². The van der Waals surface area contributed by atoms with E-state index >= 15 is 0 Å². The van der Waals surface area contributed by atoms with Crippen LogP contribution in [0.2, 0.25) is 10.0 Å². The van der Waals surface area contributed by atoms with Gasteiger partial charge in [-0.3, -0.25) is 4.79 Å². The second-order valence-corrected chi connectivity index (χ2v) is 11.6. The van der Waals surface area contributed by atoms with Gasteiger partial charge in [0.25, 0.3) is 0 Å². The molecule has 36 heavy (non-hydrogen) atoms. The van der Waals surface area contributed by atoms with Gasteiger partial charge in [-0.15, -0.1) is 0 Å². The van der Waals surface area contributed by atoms with Crippen molar-refractivity contribution in [2.75, 3.05) is 13.1 Å². The molecule has 0 heterocycles. The molecule has 0 aliphatic carbocycles. The van der Waals surface area contributed by atoms with Crippen molar-refractivity contribution in [3.8, 4) is 11.5 Å². The molecule has 0 aliphatic heterocycles. The Morgan fingerprint density at radius 2 is 1.67 bits per heavy atom. The molecule has 3 aromatic rings. The number of ether oxygens (including phenoxy) is 1. The summed E-state index contributed by atoms with van der Waals surface area (Å²) in [6, 6.07) is 17.3. The van der Waals surface area contributed by atoms with Crippen LogP contribution in [-0.2, 0) is 27.8 Å². The number of rotatable bonds is 11. The van der Waals surface area contributed by atoms with Gasteiger partial charge in [-0.1, -0.05) is 71.2 Å². The zero-order chi connectivity index (χ0) is 26.3. The highest BCUT2D eigenvalue weighted by Gasteiger charge is 2.21. The number of hydrogen-bond acceptors (Lipinski definition) is 4. The molecule has 10 heteroatoms. The molecule has 0 bridgehead atoms. The smallest absolute Gasteiger partial charge is 0.243 e. The second-order valence-electron chi connectivity index (χ2n) is 7.94. The van der Waals surface area contributed by atoms with Crippen molar-refractivity contribution in [1.82, 2.24) is 9.62 Å². The van der Waals surface area contributed by atoms with Crippen LogP contribution in [0.25, 0.3) is 0 Å². The van der Waals surface area contributed by atoms with Gasteiger partial charge in [0.05, 0.1) is 14.9 Å². The van der Waals surface area contributed by atoms with E-state index in [0.717, 1.165) is 15.6 Å². The number of aryl methyl sites for hydroxylation is 1. The van der Waals surface area contributed by atoms with Crippen molar-refractivity contribution < 1.29 is 17.9 Å². The van der Waals surface area contributed by atoms with Gasteiger partial charge in [0.2, 0.25) is 15.9 Å². The van der Waals surface area contributed by atoms with Gasteiger partial charge < -0.3 is 10.1 Å². The number of nitrogens with zero attached hydrogens (tertiary/aromatic N) is 1. The van der Waals surface area contributed by atoms with Crippen molar-refractivity contribution in [2.45, 2.75) is 38.1 Å². The third-order valence-electron chi connectivity index (χ3n) is 5.53. The lowest BCUT2D eigenvalue weighted by atomic mass is 10.1. The summed E-state index contributed by atoms with van der Waals surface area (Å²) in [5.41, 5.74) is 1.68. The average molecular weight is 614 g/mol. The first-order valence-corrected chi connectivity index (χ1v) is 14.4. The van der Waals surface area contributed by atoms with Gasteiger partial charge in [-0.05, 0) is 48.4 Å². The van der Waals surface area contributed by atoms with Gasteiger partial charge in [0.1, 0.15) is 11.5 Å². The number of hydrogen-bond donors (Lipinski definition) is 1. The monoisotopic (exact) mass is 612 g/mol. The Morgan fingerprint density at radius 3 is 2.31 bits per heavy atom. The fourth-order valence-electron chi connectivity index (χ4n) is 3.52. The third kappa shape index (κ3) is 7.46. The fourth-order valence-corrected chi connectivity index (χ4v) is 5.60. The van der Waals surface area contributed by atoms with Crippen molar-refractivity contribution in [2.24, 2.45) is 0 Å². The summed E-state index contributed by atoms with van der Waals surface area (Å²) < 4.78 is 33.5. The van der Waals surface area contributed by atoms with Crippen LogP contribution in [0.3, 0.4) is 0 Å². The van der Waals surface area contributed by atoms with Gasteiger partial charge in [-0.2, -0.15) is 4.31 Å². The fraction of sp³-hybridized carbons (Fsp3) is 0.269. The SMILES string of the molecule is CCN(CC)S(=O)(=O)c1ccc(CCC(=O)NCc2ccc(Br)cc2Oc2ccc(Cl)c(Cl)c2)cc1. The molecule has 0 saturated carbocycles. The van der Waals surface area contributed by atoms with Crippen LogP contribution in [-0.4, -0.2) is 31.7 Å². The standard InChI is InChI=1S/C26H27BrCl2N2O4S/c1-3-31(4-2)36(33,34)22-11-5-18(6-12-22)7-14-26(32)30-17-19-8-9-20(27)15-25(19)35-21-10-13-23(28)24(29)16-21/h5-6,8-13,15-16H,3-4,7,14,17H2,1-2H3,(H,30,32). The molecule has 0 saturated heterocycles. The predicted molar refractivity (Wildman–Crippen MR) is 147 cm³/mol. The first kappa shape index (κ1) is 28.5. The number of halogens is 3. The minimum Gasteiger partial charge on any atom is -0.457 e. The molecule has 192 valence electrons. The summed E-state index contributed by atoms with van der Waals surface area (Å²) in [7, 11) is -3.50. The first-order chi connectivity index (χ1) is 17.1. The lowest BCUT2D eigenvalue weighted by Crippen LogP contribution is -2.30. The molecule has 0 atom stereocenters. The van der Waals surface area contributed by atoms with Gasteiger partial charge in [-0.25, -0.2) is 8.42 Å². The third-order valence-corrected chi connectivity index (χ3v) is 8.83. The molecular weight excluding hydrogens is 587 g/mol. The highest BCUT2D eigenvalue weighted by Crippen LogP contribution is 2.32. The van der Waals surface area contributed by atoms with Gasteiger partial charge >= 0.3 is 0 Å². The molecule has 0 fully saturated rings. The Labute approximate surface area is 230 Å². The van der Waals surface area contributed by atoms with Crippen molar-refractivity contribution in [3.05, 3.63) is 86.3 Å². The number of nitrogens with one attached hydrogen (secondary N) is 1. The second kappa shape index (κ2) is 12.9. The van der Waals surface area contributed by atoms with E-state index in [-0.39, 0.29) is 23.8 Å².